The number of hydrogen-bond acceptors (Lipinski definition) is 3. The van der Waals surface area contributed by atoms with Gasteiger partial charge in [0.2, 0.25) is 0 Å². The highest BCUT2D eigenvalue weighted by molar-refractivity contribution is 5.96. The number of fused-ring (bicyclic) bond motifs is 1. The number of carbonyl (C=O) groups is 2. The summed E-state index contributed by atoms with van der Waals surface area (Å²) in [5.74, 6) is -2.04. The molecule has 2 aromatic heterocycles. The van der Waals surface area contributed by atoms with Crippen LogP contribution >= 0.6 is 0 Å². The summed E-state index contributed by atoms with van der Waals surface area (Å²) in [4.78, 5) is 30.7. The molecule has 0 saturated heterocycles. The average molecular weight is 341 g/mol. The Labute approximate surface area is 142 Å². The lowest BCUT2D eigenvalue weighted by Gasteiger charge is -2.14. The first kappa shape index (κ1) is 16.6. The predicted molar refractivity (Wildman–Crippen MR) is 89.8 cm³/mol. The molecular formula is C18H16FN3O3. The maximum absolute atomic E-state index is 13.2. The Morgan fingerprint density at radius 1 is 1.32 bits per heavy atom. The fourth-order valence-corrected chi connectivity index (χ4v) is 2.59. The Hall–Kier alpha value is -3.22. The van der Waals surface area contributed by atoms with Crippen LogP contribution in [0.5, 0.6) is 0 Å². The molecule has 7 heteroatoms. The molecule has 25 heavy (non-hydrogen) atoms. The summed E-state index contributed by atoms with van der Waals surface area (Å²) in [6.45, 7) is 1.79. The zero-order valence-corrected chi connectivity index (χ0v) is 13.4. The summed E-state index contributed by atoms with van der Waals surface area (Å²) in [6, 6.07) is 6.39. The molecular weight excluding hydrogens is 325 g/mol. The maximum atomic E-state index is 13.2. The zero-order valence-electron chi connectivity index (χ0n) is 13.4. The Morgan fingerprint density at radius 3 is 2.80 bits per heavy atom. The van der Waals surface area contributed by atoms with Crippen molar-refractivity contribution < 1.29 is 19.1 Å². The van der Waals surface area contributed by atoms with E-state index in [1.165, 1.54) is 18.3 Å². The van der Waals surface area contributed by atoms with Crippen LogP contribution in [0, 0.1) is 12.7 Å². The topological polar surface area (TPSA) is 95.1 Å². The SMILES string of the molecule is Cc1ccc(C(=O)N[C@H](Cc2c[nH]c3cc(F)ccc23)C(=O)O)cn1. The fourth-order valence-electron chi connectivity index (χ4n) is 2.59. The van der Waals surface area contributed by atoms with Crippen molar-refractivity contribution in [1.29, 1.82) is 0 Å². The molecule has 0 aliphatic carbocycles. The third-order valence-corrected chi connectivity index (χ3v) is 3.93. The lowest BCUT2D eigenvalue weighted by atomic mass is 10.0. The van der Waals surface area contributed by atoms with Gasteiger partial charge in [-0.1, -0.05) is 0 Å². The van der Waals surface area contributed by atoms with E-state index in [1.807, 2.05) is 0 Å². The lowest BCUT2D eigenvalue weighted by Crippen LogP contribution is -2.42. The molecule has 0 radical (unpaired) electrons. The van der Waals surface area contributed by atoms with E-state index in [-0.39, 0.29) is 17.8 Å². The molecule has 3 aromatic rings. The van der Waals surface area contributed by atoms with Crippen molar-refractivity contribution in [2.75, 3.05) is 0 Å². The molecule has 0 saturated carbocycles. The van der Waals surface area contributed by atoms with Crippen LogP contribution in [0.1, 0.15) is 21.6 Å². The van der Waals surface area contributed by atoms with E-state index in [1.54, 1.807) is 31.3 Å². The molecule has 1 amide bonds. The lowest BCUT2D eigenvalue weighted by molar-refractivity contribution is -0.139. The van der Waals surface area contributed by atoms with Gasteiger partial charge >= 0.3 is 5.97 Å². The predicted octanol–water partition coefficient (Wildman–Crippen LogP) is 2.44. The van der Waals surface area contributed by atoms with E-state index in [2.05, 4.69) is 15.3 Å². The molecule has 128 valence electrons. The van der Waals surface area contributed by atoms with Crippen LogP contribution in [-0.2, 0) is 11.2 Å². The van der Waals surface area contributed by atoms with Gasteiger partial charge in [0.1, 0.15) is 11.9 Å². The number of carbonyl (C=O) groups excluding carboxylic acids is 1. The molecule has 2 heterocycles. The third kappa shape index (κ3) is 3.65. The van der Waals surface area contributed by atoms with Crippen LogP contribution in [0.4, 0.5) is 4.39 Å². The number of hydrogen-bond donors (Lipinski definition) is 3. The number of nitrogens with zero attached hydrogens (tertiary/aromatic N) is 1. The van der Waals surface area contributed by atoms with Crippen LogP contribution in [0.3, 0.4) is 0 Å². The van der Waals surface area contributed by atoms with Crippen molar-refractivity contribution in [1.82, 2.24) is 15.3 Å². The molecule has 0 bridgehead atoms. The molecule has 1 atom stereocenters. The molecule has 0 aliphatic rings. The Bertz CT molecular complexity index is 934. The van der Waals surface area contributed by atoms with E-state index in [0.717, 1.165) is 11.1 Å². The van der Waals surface area contributed by atoms with Crippen molar-refractivity contribution in [2.45, 2.75) is 19.4 Å². The van der Waals surface area contributed by atoms with Gasteiger partial charge in [0.15, 0.2) is 0 Å². The number of aryl methyl sites for hydroxylation is 1. The number of nitrogens with one attached hydrogen (secondary N) is 2. The number of aliphatic carboxylic acids is 1. The second-order valence-electron chi connectivity index (χ2n) is 5.76. The van der Waals surface area contributed by atoms with Gasteiger partial charge in [-0.3, -0.25) is 9.78 Å². The molecule has 3 N–H and O–H groups in total. The van der Waals surface area contributed by atoms with Crippen molar-refractivity contribution in [2.24, 2.45) is 0 Å². The standard InChI is InChI=1S/C18H16FN3O3/c1-10-2-3-11(8-20-10)17(23)22-16(18(24)25)6-12-9-21-15-7-13(19)4-5-14(12)15/h2-5,7-9,16,21H,6H2,1H3,(H,22,23)(H,24,25)/t16-/m1/s1. The minimum absolute atomic E-state index is 0.0754. The Morgan fingerprint density at radius 2 is 2.12 bits per heavy atom. The number of H-pyrrole nitrogens is 1. The Kier molecular flexibility index (Phi) is 4.47. The van der Waals surface area contributed by atoms with E-state index in [9.17, 15) is 19.1 Å². The van der Waals surface area contributed by atoms with Gasteiger partial charge in [-0.25, -0.2) is 9.18 Å². The monoisotopic (exact) mass is 341 g/mol. The smallest absolute Gasteiger partial charge is 0.326 e. The number of halogens is 1. The van der Waals surface area contributed by atoms with Crippen LogP contribution in [0.2, 0.25) is 0 Å². The zero-order chi connectivity index (χ0) is 18.0. The van der Waals surface area contributed by atoms with Crippen molar-refractivity contribution in [3.63, 3.8) is 0 Å². The highest BCUT2D eigenvalue weighted by Gasteiger charge is 2.22. The summed E-state index contributed by atoms with van der Waals surface area (Å²) in [5.41, 5.74) is 2.31. The summed E-state index contributed by atoms with van der Waals surface area (Å²) >= 11 is 0. The van der Waals surface area contributed by atoms with Gasteiger partial charge in [0.25, 0.3) is 5.91 Å². The number of pyridine rings is 1. The van der Waals surface area contributed by atoms with Crippen molar-refractivity contribution in [3.8, 4) is 0 Å². The van der Waals surface area contributed by atoms with Crippen molar-refractivity contribution in [3.05, 3.63) is 65.4 Å². The van der Waals surface area contributed by atoms with Crippen LogP contribution in [-0.4, -0.2) is 33.0 Å². The molecule has 0 unspecified atom stereocenters. The van der Waals surface area contributed by atoms with Gasteiger partial charge in [-0.15, -0.1) is 0 Å². The van der Waals surface area contributed by atoms with Gasteiger partial charge < -0.3 is 15.4 Å². The van der Waals surface area contributed by atoms with E-state index in [4.69, 9.17) is 0 Å². The molecule has 0 fully saturated rings. The summed E-state index contributed by atoms with van der Waals surface area (Å²) < 4.78 is 13.2. The number of aromatic amines is 1. The second-order valence-corrected chi connectivity index (χ2v) is 5.76. The molecule has 1 aromatic carbocycles. The molecule has 0 aliphatic heterocycles. The molecule has 6 nitrogen and oxygen atoms in total. The minimum Gasteiger partial charge on any atom is -0.480 e. The summed E-state index contributed by atoms with van der Waals surface area (Å²) in [6.07, 6.45) is 3.10. The molecule has 0 spiro atoms. The van der Waals surface area contributed by atoms with E-state index in [0.29, 0.717) is 11.1 Å². The highest BCUT2D eigenvalue weighted by Crippen LogP contribution is 2.20. The third-order valence-electron chi connectivity index (χ3n) is 3.93. The first-order valence-corrected chi connectivity index (χ1v) is 7.66. The second kappa shape index (κ2) is 6.72. The number of amides is 1. The normalized spacial score (nSPS) is 12.1. The summed E-state index contributed by atoms with van der Waals surface area (Å²) in [7, 11) is 0. The first-order chi connectivity index (χ1) is 11.9. The Balaban J connectivity index is 1.80. The van der Waals surface area contributed by atoms with Gasteiger partial charge in [-0.2, -0.15) is 0 Å². The van der Waals surface area contributed by atoms with Crippen LogP contribution in [0.15, 0.2) is 42.7 Å². The van der Waals surface area contributed by atoms with Crippen molar-refractivity contribution >= 4 is 22.8 Å². The minimum atomic E-state index is -1.15. The largest absolute Gasteiger partial charge is 0.480 e. The van der Waals surface area contributed by atoms with Crippen LogP contribution in [0.25, 0.3) is 10.9 Å². The number of rotatable bonds is 5. The van der Waals surface area contributed by atoms with Gasteiger partial charge in [0.05, 0.1) is 5.56 Å². The highest BCUT2D eigenvalue weighted by atomic mass is 19.1. The molecule has 3 rings (SSSR count). The quantitative estimate of drug-likeness (QED) is 0.664. The van der Waals surface area contributed by atoms with Gasteiger partial charge in [0, 0.05) is 35.4 Å². The number of carboxylic acid groups (broad SMARTS) is 1. The van der Waals surface area contributed by atoms with E-state index >= 15 is 0 Å². The van der Waals surface area contributed by atoms with Crippen LogP contribution < -0.4 is 5.32 Å². The summed E-state index contributed by atoms with van der Waals surface area (Å²) in [5, 5.41) is 12.6. The average Bonchev–Trinajstić information content (AvgIpc) is 2.96. The van der Waals surface area contributed by atoms with E-state index < -0.39 is 17.9 Å². The first-order valence-electron chi connectivity index (χ1n) is 7.66. The number of benzene rings is 1. The fraction of sp³-hybridized carbons (Fsp3) is 0.167. The maximum Gasteiger partial charge on any atom is 0.326 e. The number of aromatic nitrogens is 2. The van der Waals surface area contributed by atoms with Gasteiger partial charge in [-0.05, 0) is 42.8 Å². The number of carboxylic acids is 1.